The van der Waals surface area contributed by atoms with Crippen molar-refractivity contribution in [1.82, 2.24) is 44.7 Å². The minimum atomic E-state index is -0.207. The highest BCUT2D eigenvalue weighted by Crippen LogP contribution is 2.28. The summed E-state index contributed by atoms with van der Waals surface area (Å²) < 4.78 is 5.36. The topological polar surface area (TPSA) is 111 Å². The molecule has 1 N–H and O–H groups in total. The normalized spacial score (nSPS) is 15.2. The third kappa shape index (κ3) is 4.37. The minimum Gasteiger partial charge on any atom is -0.355 e. The predicted molar refractivity (Wildman–Crippen MR) is 127 cm³/mol. The average Bonchev–Trinajstić information content (AvgIpc) is 3.57. The fraction of sp³-hybridized carbons (Fsp3) is 0.478. The first-order valence-electron chi connectivity index (χ1n) is 11.6. The number of hydrogen-bond donors (Lipinski definition) is 1. The molecule has 5 rings (SSSR count). The molecule has 1 fully saturated rings. The van der Waals surface area contributed by atoms with Crippen molar-refractivity contribution >= 4 is 17.2 Å². The van der Waals surface area contributed by atoms with Crippen molar-refractivity contribution < 1.29 is 4.79 Å². The lowest BCUT2D eigenvalue weighted by Gasteiger charge is -2.33. The van der Waals surface area contributed by atoms with Gasteiger partial charge in [-0.3, -0.25) is 9.48 Å². The minimum absolute atomic E-state index is 0.176. The largest absolute Gasteiger partial charge is 0.355 e. The number of carbonyl (C=O) groups is 1. The number of fused-ring (bicyclic) bond motifs is 1. The van der Waals surface area contributed by atoms with Gasteiger partial charge < -0.3 is 10.2 Å². The second-order valence-electron chi connectivity index (χ2n) is 9.87. The molecule has 4 aromatic rings. The Morgan fingerprint density at radius 1 is 1.15 bits per heavy atom. The summed E-state index contributed by atoms with van der Waals surface area (Å²) in [6.07, 6.45) is 11.1. The Kier molecular flexibility index (Phi) is 5.54. The van der Waals surface area contributed by atoms with Crippen LogP contribution in [0.25, 0.3) is 16.8 Å². The summed E-state index contributed by atoms with van der Waals surface area (Å²) >= 11 is 0. The number of aromatic nitrogens is 8. The van der Waals surface area contributed by atoms with Gasteiger partial charge in [0.05, 0.1) is 36.0 Å². The van der Waals surface area contributed by atoms with Crippen molar-refractivity contribution in [2.45, 2.75) is 39.2 Å². The van der Waals surface area contributed by atoms with Crippen LogP contribution in [0.1, 0.15) is 44.1 Å². The molecule has 11 nitrogen and oxygen atoms in total. The lowest BCUT2D eigenvalue weighted by molar-refractivity contribution is 0.0939. The number of carbonyl (C=O) groups excluding carboxylic acids is 1. The number of nitrogens with zero attached hydrogens (tertiary/aromatic N) is 9. The van der Waals surface area contributed by atoms with E-state index in [0.717, 1.165) is 48.5 Å². The van der Waals surface area contributed by atoms with Crippen LogP contribution in [0, 0.1) is 5.92 Å². The van der Waals surface area contributed by atoms with Gasteiger partial charge in [0.1, 0.15) is 5.52 Å². The molecule has 0 saturated carbocycles. The van der Waals surface area contributed by atoms with Gasteiger partial charge in [-0.2, -0.15) is 10.2 Å². The lowest BCUT2D eigenvalue weighted by atomic mass is 9.96. The van der Waals surface area contributed by atoms with Gasteiger partial charge in [-0.15, -0.1) is 5.10 Å². The third-order valence-corrected chi connectivity index (χ3v) is 6.25. The number of aryl methyl sites for hydroxylation is 1. The Balaban J connectivity index is 1.23. The monoisotopic (exact) mass is 462 g/mol. The van der Waals surface area contributed by atoms with Crippen molar-refractivity contribution in [2.75, 3.05) is 24.5 Å². The number of amides is 1. The van der Waals surface area contributed by atoms with Crippen LogP contribution in [0.15, 0.2) is 37.1 Å². The van der Waals surface area contributed by atoms with Crippen LogP contribution in [-0.2, 0) is 12.6 Å². The first-order chi connectivity index (χ1) is 16.3. The number of hydrogen-bond acceptors (Lipinski definition) is 7. The maximum absolute atomic E-state index is 12.5. The van der Waals surface area contributed by atoms with Gasteiger partial charge in [-0.25, -0.2) is 14.2 Å². The molecule has 1 amide bonds. The third-order valence-electron chi connectivity index (χ3n) is 6.25. The molecule has 0 unspecified atom stereocenters. The molecule has 1 aliphatic heterocycles. The van der Waals surface area contributed by atoms with E-state index in [2.05, 4.69) is 30.7 Å². The SMILES string of the molecule is Cn1cc(-c2cn3nccc3c(N3CCC(CNC(=O)c4cn(C(C)(C)C)nn4)CC3)n2)cn1. The van der Waals surface area contributed by atoms with Crippen molar-refractivity contribution in [3.05, 3.63) is 42.7 Å². The van der Waals surface area contributed by atoms with Crippen molar-refractivity contribution in [3.63, 3.8) is 0 Å². The highest BCUT2D eigenvalue weighted by Gasteiger charge is 2.24. The van der Waals surface area contributed by atoms with E-state index < -0.39 is 0 Å². The zero-order valence-corrected chi connectivity index (χ0v) is 20.0. The zero-order valence-electron chi connectivity index (χ0n) is 20.0. The second kappa shape index (κ2) is 8.54. The molecule has 1 saturated heterocycles. The van der Waals surface area contributed by atoms with Crippen LogP contribution < -0.4 is 10.2 Å². The van der Waals surface area contributed by atoms with Gasteiger partial charge in [0.2, 0.25) is 0 Å². The van der Waals surface area contributed by atoms with E-state index in [-0.39, 0.29) is 11.4 Å². The highest BCUT2D eigenvalue weighted by atomic mass is 16.2. The van der Waals surface area contributed by atoms with E-state index in [0.29, 0.717) is 18.2 Å². The molecule has 0 radical (unpaired) electrons. The van der Waals surface area contributed by atoms with E-state index in [1.807, 2.05) is 57.0 Å². The summed E-state index contributed by atoms with van der Waals surface area (Å²) in [7, 11) is 1.90. The maximum Gasteiger partial charge on any atom is 0.273 e. The lowest BCUT2D eigenvalue weighted by Crippen LogP contribution is -2.39. The van der Waals surface area contributed by atoms with Crippen LogP contribution in [0.2, 0.25) is 0 Å². The Labute approximate surface area is 197 Å². The van der Waals surface area contributed by atoms with Crippen molar-refractivity contribution in [2.24, 2.45) is 13.0 Å². The van der Waals surface area contributed by atoms with Gasteiger partial charge in [0, 0.05) is 38.4 Å². The Hall–Kier alpha value is -3.76. The molecule has 0 aliphatic carbocycles. The van der Waals surface area contributed by atoms with Crippen LogP contribution in [0.3, 0.4) is 0 Å². The summed E-state index contributed by atoms with van der Waals surface area (Å²) in [5.74, 6) is 1.16. The summed E-state index contributed by atoms with van der Waals surface area (Å²) in [6, 6.07) is 1.99. The molecule has 1 aliphatic rings. The van der Waals surface area contributed by atoms with E-state index in [1.54, 1.807) is 21.8 Å². The van der Waals surface area contributed by atoms with Crippen molar-refractivity contribution in [1.29, 1.82) is 0 Å². The van der Waals surface area contributed by atoms with E-state index in [4.69, 9.17) is 4.98 Å². The van der Waals surface area contributed by atoms with Crippen LogP contribution >= 0.6 is 0 Å². The molecule has 5 heterocycles. The maximum atomic E-state index is 12.5. The Morgan fingerprint density at radius 2 is 1.94 bits per heavy atom. The molecular formula is C23H30N10O. The highest BCUT2D eigenvalue weighted by molar-refractivity contribution is 5.91. The average molecular weight is 463 g/mol. The second-order valence-corrected chi connectivity index (χ2v) is 9.87. The Morgan fingerprint density at radius 3 is 2.62 bits per heavy atom. The number of anilines is 1. The first kappa shape index (κ1) is 22.1. The van der Waals surface area contributed by atoms with Gasteiger partial charge in [0.15, 0.2) is 11.5 Å². The fourth-order valence-electron chi connectivity index (χ4n) is 4.21. The van der Waals surface area contributed by atoms with Crippen LogP contribution in [0.5, 0.6) is 0 Å². The molecule has 0 atom stereocenters. The quantitative estimate of drug-likeness (QED) is 0.484. The molecule has 4 aromatic heterocycles. The van der Waals surface area contributed by atoms with Gasteiger partial charge in [-0.1, -0.05) is 5.21 Å². The summed E-state index contributed by atoms with van der Waals surface area (Å²) in [6.45, 7) is 8.43. The smallest absolute Gasteiger partial charge is 0.273 e. The summed E-state index contributed by atoms with van der Waals surface area (Å²) in [4.78, 5) is 19.8. The molecule has 11 heteroatoms. The fourth-order valence-corrected chi connectivity index (χ4v) is 4.21. The van der Waals surface area contributed by atoms with E-state index >= 15 is 0 Å². The molecule has 0 bridgehead atoms. The van der Waals surface area contributed by atoms with Gasteiger partial charge in [-0.05, 0) is 45.6 Å². The van der Waals surface area contributed by atoms with Crippen LogP contribution in [-0.4, -0.2) is 64.9 Å². The summed E-state index contributed by atoms with van der Waals surface area (Å²) in [5, 5.41) is 19.8. The van der Waals surface area contributed by atoms with E-state index in [9.17, 15) is 4.79 Å². The Bertz CT molecular complexity index is 1300. The van der Waals surface area contributed by atoms with Crippen LogP contribution in [0.4, 0.5) is 5.82 Å². The van der Waals surface area contributed by atoms with E-state index in [1.165, 1.54) is 0 Å². The summed E-state index contributed by atoms with van der Waals surface area (Å²) in [5.41, 5.74) is 2.94. The van der Waals surface area contributed by atoms with Gasteiger partial charge >= 0.3 is 0 Å². The number of nitrogens with one attached hydrogen (secondary N) is 1. The molecule has 34 heavy (non-hydrogen) atoms. The first-order valence-corrected chi connectivity index (χ1v) is 11.6. The molecule has 178 valence electrons. The zero-order chi connectivity index (χ0) is 23.9. The number of piperidine rings is 1. The molecule has 0 spiro atoms. The molecule has 0 aromatic carbocycles. The van der Waals surface area contributed by atoms with Crippen molar-refractivity contribution in [3.8, 4) is 11.3 Å². The van der Waals surface area contributed by atoms with Gasteiger partial charge in [0.25, 0.3) is 5.91 Å². The molecular weight excluding hydrogens is 432 g/mol. The standard InChI is InChI=1S/C23H30N10O/c1-23(2,3)33-15-19(28-29-33)22(34)24-11-16-6-9-31(10-7-16)21-20-5-8-25-32(20)14-18(27-21)17-12-26-30(4)13-17/h5,8,12-16H,6-7,9-11H2,1-4H3,(H,24,34). The predicted octanol–water partition coefficient (Wildman–Crippen LogP) is 2.12. The number of rotatable bonds is 5.